The maximum atomic E-state index is 13.1. The minimum atomic E-state index is -0.450. The molecule has 1 atom stereocenters. The number of aliphatic hydroxyl groups excluding tert-OH is 1. The fourth-order valence-electron chi connectivity index (χ4n) is 4.47. The summed E-state index contributed by atoms with van der Waals surface area (Å²) in [5, 5.41) is 12.5. The Hall–Kier alpha value is -3.54. The molecule has 0 spiro atoms. The first-order chi connectivity index (χ1) is 17.1. The second-order valence-corrected chi connectivity index (χ2v) is 8.77. The van der Waals surface area contributed by atoms with Gasteiger partial charge in [0.15, 0.2) is 0 Å². The molecule has 1 amide bonds. The van der Waals surface area contributed by atoms with Gasteiger partial charge < -0.3 is 10.4 Å². The fraction of sp³-hybridized carbons (Fsp3) is 0.233. The van der Waals surface area contributed by atoms with Crippen LogP contribution in [-0.4, -0.2) is 42.2 Å². The molecule has 1 unspecified atom stereocenters. The van der Waals surface area contributed by atoms with Gasteiger partial charge in [-0.2, -0.15) is 0 Å². The smallest absolute Gasteiger partial charge is 0.237 e. The summed E-state index contributed by atoms with van der Waals surface area (Å²) in [6.07, 6.45) is 7.65. The van der Waals surface area contributed by atoms with Crippen LogP contribution in [0.4, 0.5) is 4.39 Å². The van der Waals surface area contributed by atoms with Gasteiger partial charge in [0.2, 0.25) is 5.91 Å². The first-order valence-electron chi connectivity index (χ1n) is 12.0. The van der Waals surface area contributed by atoms with Gasteiger partial charge in [-0.25, -0.2) is 4.39 Å². The van der Waals surface area contributed by atoms with Crippen LogP contribution in [0.5, 0.6) is 0 Å². The zero-order valence-electron chi connectivity index (χ0n) is 20.0. The van der Waals surface area contributed by atoms with Crippen LogP contribution in [0.25, 0.3) is 17.7 Å². The molecule has 0 aromatic heterocycles. The van der Waals surface area contributed by atoms with Crippen LogP contribution in [0.1, 0.15) is 40.7 Å². The molecule has 180 valence electrons. The fourth-order valence-corrected chi connectivity index (χ4v) is 4.47. The van der Waals surface area contributed by atoms with E-state index < -0.39 is 6.04 Å². The lowest BCUT2D eigenvalue weighted by atomic mass is 9.93. The van der Waals surface area contributed by atoms with E-state index >= 15 is 0 Å². The zero-order valence-corrected chi connectivity index (χ0v) is 20.0. The summed E-state index contributed by atoms with van der Waals surface area (Å²) in [6, 6.07) is 22.4. The van der Waals surface area contributed by atoms with Gasteiger partial charge in [0, 0.05) is 19.7 Å². The summed E-state index contributed by atoms with van der Waals surface area (Å²) in [5.74, 6) is -0.449. The third-order valence-electron chi connectivity index (χ3n) is 6.39. The van der Waals surface area contributed by atoms with Gasteiger partial charge in [-0.05, 0) is 65.4 Å². The molecule has 2 N–H and O–H groups in total. The maximum Gasteiger partial charge on any atom is 0.237 e. The van der Waals surface area contributed by atoms with Crippen LogP contribution in [0.15, 0.2) is 78.9 Å². The van der Waals surface area contributed by atoms with E-state index in [0.29, 0.717) is 19.5 Å². The van der Waals surface area contributed by atoms with Gasteiger partial charge in [0.1, 0.15) is 5.82 Å². The lowest BCUT2D eigenvalue weighted by Crippen LogP contribution is -2.45. The molecule has 3 aromatic carbocycles. The first kappa shape index (κ1) is 24.6. The number of carbonyl (C=O) groups is 1. The van der Waals surface area contributed by atoms with Crippen molar-refractivity contribution >= 4 is 23.6 Å². The van der Waals surface area contributed by atoms with Gasteiger partial charge in [-0.1, -0.05) is 78.9 Å². The zero-order chi connectivity index (χ0) is 24.6. The Bertz CT molecular complexity index is 1170. The summed E-state index contributed by atoms with van der Waals surface area (Å²) < 4.78 is 13.1. The minimum Gasteiger partial charge on any atom is -0.396 e. The molecule has 5 heteroatoms. The Morgan fingerprint density at radius 2 is 1.57 bits per heavy atom. The van der Waals surface area contributed by atoms with E-state index in [4.69, 9.17) is 0 Å². The molecule has 1 aliphatic carbocycles. The molecule has 0 heterocycles. The van der Waals surface area contributed by atoms with Crippen LogP contribution < -0.4 is 5.32 Å². The van der Waals surface area contributed by atoms with Crippen LogP contribution in [-0.2, 0) is 11.3 Å². The van der Waals surface area contributed by atoms with Gasteiger partial charge in [0.05, 0.1) is 6.04 Å². The molecule has 0 fully saturated rings. The largest absolute Gasteiger partial charge is 0.396 e. The van der Waals surface area contributed by atoms with Gasteiger partial charge in [-0.3, -0.25) is 9.69 Å². The van der Waals surface area contributed by atoms with E-state index in [1.807, 2.05) is 11.9 Å². The van der Waals surface area contributed by atoms with Crippen molar-refractivity contribution in [3.8, 4) is 0 Å². The van der Waals surface area contributed by atoms with Gasteiger partial charge in [-0.15, -0.1) is 0 Å². The average molecular weight is 471 g/mol. The number of fused-ring (bicyclic) bond motifs is 2. The maximum absolute atomic E-state index is 13.1. The average Bonchev–Trinajstić information content (AvgIpc) is 3.04. The number of hydrogen-bond acceptors (Lipinski definition) is 3. The molecule has 0 aliphatic heterocycles. The highest BCUT2D eigenvalue weighted by Gasteiger charge is 2.22. The van der Waals surface area contributed by atoms with Gasteiger partial charge in [0.25, 0.3) is 0 Å². The second-order valence-electron chi connectivity index (χ2n) is 8.77. The number of benzene rings is 3. The third-order valence-corrected chi connectivity index (χ3v) is 6.39. The van der Waals surface area contributed by atoms with Crippen molar-refractivity contribution < 1.29 is 14.3 Å². The van der Waals surface area contributed by atoms with Crippen molar-refractivity contribution in [2.75, 3.05) is 20.2 Å². The van der Waals surface area contributed by atoms with Crippen LogP contribution in [0, 0.1) is 5.82 Å². The number of likely N-dealkylation sites (N-methyl/N-ethyl adjacent to an activating group) is 1. The lowest BCUT2D eigenvalue weighted by molar-refractivity contribution is -0.126. The highest BCUT2D eigenvalue weighted by molar-refractivity contribution is 5.93. The van der Waals surface area contributed by atoms with E-state index in [9.17, 15) is 14.3 Å². The summed E-state index contributed by atoms with van der Waals surface area (Å²) in [5.41, 5.74) is 6.77. The molecular formula is C30H31FN2O2. The SMILES string of the molecule is CN(CCC=C1c2ccccc2C=Cc2ccccc21)C(CCO)C(=O)NCc1ccc(F)cc1. The summed E-state index contributed by atoms with van der Waals surface area (Å²) in [7, 11) is 1.91. The highest BCUT2D eigenvalue weighted by Crippen LogP contribution is 2.33. The number of rotatable bonds is 9. The molecule has 4 nitrogen and oxygen atoms in total. The summed E-state index contributed by atoms with van der Waals surface area (Å²) in [6.45, 7) is 0.905. The number of nitrogens with one attached hydrogen (secondary N) is 1. The summed E-state index contributed by atoms with van der Waals surface area (Å²) in [4.78, 5) is 14.9. The van der Waals surface area contributed by atoms with Crippen molar-refractivity contribution in [3.05, 3.63) is 113 Å². The van der Waals surface area contributed by atoms with E-state index in [1.165, 1.54) is 40.0 Å². The van der Waals surface area contributed by atoms with Crippen molar-refractivity contribution in [1.82, 2.24) is 10.2 Å². The van der Waals surface area contributed by atoms with E-state index in [2.05, 4.69) is 72.1 Å². The molecule has 0 bridgehead atoms. The van der Waals surface area contributed by atoms with Crippen LogP contribution in [0.3, 0.4) is 0 Å². The Labute approximate surface area is 206 Å². The molecule has 3 aromatic rings. The minimum absolute atomic E-state index is 0.0769. The van der Waals surface area contributed by atoms with Gasteiger partial charge >= 0.3 is 0 Å². The second kappa shape index (κ2) is 11.7. The molecule has 4 rings (SSSR count). The Balaban J connectivity index is 1.46. The van der Waals surface area contributed by atoms with E-state index in [-0.39, 0.29) is 18.3 Å². The number of hydrogen-bond donors (Lipinski definition) is 2. The topological polar surface area (TPSA) is 52.6 Å². The number of halogens is 1. The molecule has 0 saturated carbocycles. The molecule has 0 radical (unpaired) electrons. The number of amides is 1. The quantitative estimate of drug-likeness (QED) is 0.357. The predicted octanol–water partition coefficient (Wildman–Crippen LogP) is 5.13. The lowest BCUT2D eigenvalue weighted by Gasteiger charge is -2.26. The van der Waals surface area contributed by atoms with Crippen molar-refractivity contribution in [2.24, 2.45) is 0 Å². The Morgan fingerprint density at radius 3 is 2.17 bits per heavy atom. The molecule has 35 heavy (non-hydrogen) atoms. The van der Waals surface area contributed by atoms with Crippen molar-refractivity contribution in [3.63, 3.8) is 0 Å². The van der Waals surface area contributed by atoms with Crippen molar-refractivity contribution in [2.45, 2.75) is 25.4 Å². The summed E-state index contributed by atoms with van der Waals surface area (Å²) >= 11 is 0. The van der Waals surface area contributed by atoms with E-state index in [0.717, 1.165) is 12.0 Å². The third kappa shape index (κ3) is 6.13. The highest BCUT2D eigenvalue weighted by atomic mass is 19.1. The molecule has 1 aliphatic rings. The normalized spacial score (nSPS) is 13.1. The Morgan fingerprint density at radius 1 is 0.971 bits per heavy atom. The number of carbonyl (C=O) groups excluding carboxylic acids is 1. The Kier molecular flexibility index (Phi) is 8.24. The van der Waals surface area contributed by atoms with Crippen molar-refractivity contribution in [1.29, 1.82) is 0 Å². The number of nitrogens with zero attached hydrogens (tertiary/aromatic N) is 1. The van der Waals surface area contributed by atoms with Crippen LogP contribution >= 0.6 is 0 Å². The monoisotopic (exact) mass is 470 g/mol. The van der Waals surface area contributed by atoms with Crippen LogP contribution in [0.2, 0.25) is 0 Å². The standard InChI is InChI=1S/C30H31FN2O2/c1-33(29(18-20-34)30(35)32-21-22-12-16-25(31)17-13-22)19-6-11-28-26-9-4-2-7-23(26)14-15-24-8-3-5-10-27(24)28/h2-5,7-17,29,34H,6,18-21H2,1H3,(H,32,35). The predicted molar refractivity (Wildman–Crippen MR) is 140 cm³/mol. The number of aliphatic hydroxyl groups is 1. The molecular weight excluding hydrogens is 439 g/mol. The first-order valence-corrected chi connectivity index (χ1v) is 12.0. The van der Waals surface area contributed by atoms with E-state index in [1.54, 1.807) is 12.1 Å². The molecule has 0 saturated heterocycles.